The number of halogens is 1. The van der Waals surface area contributed by atoms with Gasteiger partial charge in [0.1, 0.15) is 11.4 Å². The highest BCUT2D eigenvalue weighted by molar-refractivity contribution is 6.31. The first-order chi connectivity index (χ1) is 12.3. The molecule has 0 atom stereocenters. The molecule has 0 fully saturated rings. The van der Waals surface area contributed by atoms with Gasteiger partial charge in [0.25, 0.3) is 5.69 Å². The molecule has 0 spiro atoms. The predicted molar refractivity (Wildman–Crippen MR) is 94.7 cm³/mol. The second kappa shape index (κ2) is 7.83. The molecule has 0 N–H and O–H groups in total. The molecule has 1 aromatic carbocycles. The summed E-state index contributed by atoms with van der Waals surface area (Å²) >= 11 is 6.13. The fraction of sp³-hybridized carbons (Fsp3) is 0.176. The van der Waals surface area contributed by atoms with E-state index in [0.29, 0.717) is 5.56 Å². The van der Waals surface area contributed by atoms with Crippen molar-refractivity contribution in [3.05, 3.63) is 68.5 Å². The number of benzene rings is 1. The van der Waals surface area contributed by atoms with Gasteiger partial charge in [0.05, 0.1) is 24.7 Å². The maximum Gasteiger partial charge on any atom is 0.355 e. The Morgan fingerprint density at radius 3 is 2.38 bits per heavy atom. The molecule has 0 bridgehead atoms. The third kappa shape index (κ3) is 3.60. The van der Waals surface area contributed by atoms with E-state index in [0.717, 1.165) is 14.2 Å². The molecule has 0 aromatic heterocycles. The van der Waals surface area contributed by atoms with Gasteiger partial charge in [-0.2, -0.15) is 0 Å². The Hall–Kier alpha value is -3.13. The van der Waals surface area contributed by atoms with Crippen LogP contribution in [0.25, 0.3) is 0 Å². The molecule has 1 aliphatic rings. The van der Waals surface area contributed by atoms with E-state index in [1.165, 1.54) is 41.5 Å². The van der Waals surface area contributed by atoms with E-state index >= 15 is 0 Å². The quantitative estimate of drug-likeness (QED) is 0.451. The predicted octanol–water partition coefficient (Wildman–Crippen LogP) is 3.05. The number of allylic oxidation sites excluding steroid dienone is 2. The fourth-order valence-electron chi connectivity index (χ4n) is 2.35. The van der Waals surface area contributed by atoms with Crippen molar-refractivity contribution in [3.8, 4) is 0 Å². The summed E-state index contributed by atoms with van der Waals surface area (Å²) < 4.78 is 9.46. The van der Waals surface area contributed by atoms with E-state index in [1.807, 2.05) is 0 Å². The topological polar surface area (TPSA) is 99.0 Å². The summed E-state index contributed by atoms with van der Waals surface area (Å²) in [5.74, 6) is -1.66. The lowest BCUT2D eigenvalue weighted by molar-refractivity contribution is -0.384. The maximum absolute atomic E-state index is 12.4. The third-order valence-electron chi connectivity index (χ3n) is 3.60. The highest BCUT2D eigenvalue weighted by atomic mass is 35.5. The first kappa shape index (κ1) is 19.2. The number of anilines is 1. The van der Waals surface area contributed by atoms with Gasteiger partial charge in [-0.05, 0) is 30.7 Å². The lowest BCUT2D eigenvalue weighted by atomic mass is 10.1. The molecule has 8 nitrogen and oxygen atoms in total. The first-order valence-electron chi connectivity index (χ1n) is 7.31. The number of hydrogen-bond donors (Lipinski definition) is 0. The van der Waals surface area contributed by atoms with Gasteiger partial charge in [0, 0.05) is 17.3 Å². The minimum atomic E-state index is -0.868. The van der Waals surface area contributed by atoms with Gasteiger partial charge in [-0.1, -0.05) is 17.7 Å². The lowest BCUT2D eigenvalue weighted by Crippen LogP contribution is -2.27. The second-order valence-corrected chi connectivity index (χ2v) is 5.57. The van der Waals surface area contributed by atoms with Gasteiger partial charge in [-0.25, -0.2) is 9.59 Å². The Morgan fingerprint density at radius 2 is 1.81 bits per heavy atom. The third-order valence-corrected chi connectivity index (χ3v) is 4.01. The van der Waals surface area contributed by atoms with Gasteiger partial charge < -0.3 is 14.4 Å². The van der Waals surface area contributed by atoms with Crippen LogP contribution in [0.1, 0.15) is 5.56 Å². The number of nitrogens with zero attached hydrogens (tertiary/aromatic N) is 2. The standard InChI is InChI=1S/C17H15ClN2O6/c1-10-8-14(20(23)24)13(9-12(10)18)19-7-5-4-6-11(16(21)25-2)15(19)17(22)26-3/h4-9H,1-3H3. The Balaban J connectivity index is 2.81. The molecule has 0 radical (unpaired) electrons. The van der Waals surface area contributed by atoms with Crippen LogP contribution in [-0.4, -0.2) is 31.1 Å². The van der Waals surface area contributed by atoms with Gasteiger partial charge in [0.2, 0.25) is 0 Å². The van der Waals surface area contributed by atoms with Crippen LogP contribution in [0.15, 0.2) is 47.8 Å². The van der Waals surface area contributed by atoms with Crippen LogP contribution in [0.3, 0.4) is 0 Å². The van der Waals surface area contributed by atoms with Crippen molar-refractivity contribution >= 4 is 34.9 Å². The minimum Gasteiger partial charge on any atom is -0.465 e. The maximum atomic E-state index is 12.4. The number of rotatable bonds is 4. The molecule has 0 aliphatic carbocycles. The Bertz CT molecular complexity index is 872. The number of nitro benzene ring substituents is 1. The molecule has 0 saturated carbocycles. The van der Waals surface area contributed by atoms with Crippen LogP contribution in [0.5, 0.6) is 0 Å². The molecule has 1 heterocycles. The van der Waals surface area contributed by atoms with E-state index in [9.17, 15) is 19.7 Å². The SMILES string of the molecule is COC(=O)C1=C(C(=O)OC)N(c2cc(Cl)c(C)cc2[N+](=O)[O-])C=CC=C1. The zero-order valence-corrected chi connectivity index (χ0v) is 14.9. The van der Waals surface area contributed by atoms with Crippen LogP contribution in [0.4, 0.5) is 11.4 Å². The van der Waals surface area contributed by atoms with Gasteiger partial charge in [-0.3, -0.25) is 10.1 Å². The second-order valence-electron chi connectivity index (χ2n) is 5.16. The molecule has 9 heteroatoms. The van der Waals surface area contributed by atoms with Crippen molar-refractivity contribution in [1.29, 1.82) is 0 Å². The number of ether oxygens (including phenoxy) is 2. The molecule has 0 saturated heterocycles. The van der Waals surface area contributed by atoms with Crippen LogP contribution in [0, 0.1) is 17.0 Å². The highest BCUT2D eigenvalue weighted by Gasteiger charge is 2.31. The molecular formula is C17H15ClN2O6. The van der Waals surface area contributed by atoms with E-state index in [-0.39, 0.29) is 27.7 Å². The first-order valence-corrected chi connectivity index (χ1v) is 7.69. The number of nitro groups is 1. The molecule has 2 rings (SSSR count). The van der Waals surface area contributed by atoms with Crippen LogP contribution < -0.4 is 4.90 Å². The lowest BCUT2D eigenvalue weighted by Gasteiger charge is -2.23. The molecule has 1 aliphatic heterocycles. The zero-order chi connectivity index (χ0) is 19.4. The van der Waals surface area contributed by atoms with Crippen molar-refractivity contribution in [2.24, 2.45) is 0 Å². The van der Waals surface area contributed by atoms with Crippen molar-refractivity contribution in [3.63, 3.8) is 0 Å². The highest BCUT2D eigenvalue weighted by Crippen LogP contribution is 2.37. The van der Waals surface area contributed by atoms with Gasteiger partial charge >= 0.3 is 11.9 Å². The zero-order valence-electron chi connectivity index (χ0n) is 14.2. The van der Waals surface area contributed by atoms with Gasteiger partial charge in [0.15, 0.2) is 0 Å². The Labute approximate surface area is 154 Å². The fourth-order valence-corrected chi connectivity index (χ4v) is 2.50. The number of hydrogen-bond acceptors (Lipinski definition) is 7. The average Bonchev–Trinajstić information content (AvgIpc) is 2.84. The summed E-state index contributed by atoms with van der Waals surface area (Å²) in [6.45, 7) is 1.62. The number of carbonyl (C=O) groups excluding carboxylic acids is 2. The number of carbonyl (C=O) groups is 2. The molecular weight excluding hydrogens is 364 g/mol. The Morgan fingerprint density at radius 1 is 1.15 bits per heavy atom. The summed E-state index contributed by atoms with van der Waals surface area (Å²) in [6.07, 6.45) is 5.76. The van der Waals surface area contributed by atoms with Crippen molar-refractivity contribution in [1.82, 2.24) is 0 Å². The smallest absolute Gasteiger partial charge is 0.355 e. The summed E-state index contributed by atoms with van der Waals surface area (Å²) in [6, 6.07) is 2.64. The van der Waals surface area contributed by atoms with E-state index in [1.54, 1.807) is 6.92 Å². The van der Waals surface area contributed by atoms with Crippen LogP contribution in [-0.2, 0) is 19.1 Å². The van der Waals surface area contributed by atoms with E-state index in [4.69, 9.17) is 21.1 Å². The summed E-state index contributed by atoms with van der Waals surface area (Å²) in [4.78, 5) is 36.6. The molecule has 0 unspecified atom stereocenters. The molecule has 0 amide bonds. The molecule has 1 aromatic rings. The summed E-state index contributed by atoms with van der Waals surface area (Å²) in [5.41, 5.74) is -0.130. The average molecular weight is 379 g/mol. The van der Waals surface area contributed by atoms with Crippen molar-refractivity contribution < 1.29 is 24.0 Å². The number of aryl methyl sites for hydroxylation is 1. The minimum absolute atomic E-state index is 0.00681. The summed E-state index contributed by atoms with van der Waals surface area (Å²) in [5, 5.41) is 11.8. The Kier molecular flexibility index (Phi) is 5.78. The van der Waals surface area contributed by atoms with Gasteiger partial charge in [-0.15, -0.1) is 0 Å². The summed E-state index contributed by atoms with van der Waals surface area (Å²) in [7, 11) is 2.29. The normalized spacial score (nSPS) is 13.5. The largest absolute Gasteiger partial charge is 0.465 e. The van der Waals surface area contributed by atoms with Crippen molar-refractivity contribution in [2.45, 2.75) is 6.92 Å². The van der Waals surface area contributed by atoms with Crippen molar-refractivity contribution in [2.75, 3.05) is 19.1 Å². The van der Waals surface area contributed by atoms with E-state index < -0.39 is 16.9 Å². The van der Waals surface area contributed by atoms with Crippen LogP contribution >= 0.6 is 11.6 Å². The van der Waals surface area contributed by atoms with E-state index in [2.05, 4.69) is 0 Å². The number of esters is 2. The monoisotopic (exact) mass is 378 g/mol. The van der Waals surface area contributed by atoms with Crippen LogP contribution in [0.2, 0.25) is 5.02 Å². The number of methoxy groups -OCH3 is 2. The molecule has 136 valence electrons. The molecule has 26 heavy (non-hydrogen) atoms.